The van der Waals surface area contributed by atoms with Gasteiger partial charge < -0.3 is 5.73 Å². The Balaban J connectivity index is 2.42. The van der Waals surface area contributed by atoms with E-state index in [4.69, 9.17) is 17.3 Å². The van der Waals surface area contributed by atoms with Gasteiger partial charge in [0.15, 0.2) is 0 Å². The smallest absolute Gasteiger partial charge is 0.243 e. The maximum absolute atomic E-state index is 12.7. The number of nitrogens with zero attached hydrogens (tertiary/aromatic N) is 1. The van der Waals surface area contributed by atoms with Crippen molar-refractivity contribution in [1.82, 2.24) is 4.31 Å². The average Bonchev–Trinajstić information content (AvgIpc) is 2.96. The number of nitrogen functional groups attached to an aromatic ring is 1. The van der Waals surface area contributed by atoms with Gasteiger partial charge in [0.05, 0.1) is 10.9 Å². The Labute approximate surface area is 134 Å². The van der Waals surface area contributed by atoms with Crippen LogP contribution in [-0.4, -0.2) is 19.8 Å². The van der Waals surface area contributed by atoms with Gasteiger partial charge in [-0.2, -0.15) is 4.31 Å². The molecular weight excluding hydrogens is 328 g/mol. The number of halogens is 1. The minimum absolute atomic E-state index is 0.113. The Hall–Kier alpha value is -1.08. The van der Waals surface area contributed by atoms with E-state index in [1.165, 1.54) is 27.8 Å². The van der Waals surface area contributed by atoms with Crippen LogP contribution in [0.25, 0.3) is 0 Å². The third-order valence-corrected chi connectivity index (χ3v) is 6.88. The molecule has 0 saturated carbocycles. The molecule has 0 amide bonds. The van der Waals surface area contributed by atoms with Crippen molar-refractivity contribution in [2.75, 3.05) is 12.8 Å². The number of thiophene rings is 1. The summed E-state index contributed by atoms with van der Waals surface area (Å²) in [6, 6.07) is 6.46. The van der Waals surface area contributed by atoms with Crippen LogP contribution in [0.3, 0.4) is 0 Å². The number of hydrogen-bond donors (Lipinski definition) is 1. The quantitative estimate of drug-likeness (QED) is 0.860. The highest BCUT2D eigenvalue weighted by Crippen LogP contribution is 2.31. The molecule has 4 nitrogen and oxygen atoms in total. The predicted octanol–water partition coefficient (Wildman–Crippen LogP) is 3.67. The van der Waals surface area contributed by atoms with E-state index in [2.05, 4.69) is 0 Å². The second-order valence-electron chi connectivity index (χ2n) is 4.83. The number of rotatable bonds is 4. The van der Waals surface area contributed by atoms with Crippen LogP contribution >= 0.6 is 22.9 Å². The molecular formula is C14H17ClN2O2S2. The van der Waals surface area contributed by atoms with Gasteiger partial charge in [-0.05, 0) is 43.0 Å². The van der Waals surface area contributed by atoms with Gasteiger partial charge in [-0.15, -0.1) is 11.3 Å². The molecule has 1 aromatic carbocycles. The topological polar surface area (TPSA) is 63.4 Å². The van der Waals surface area contributed by atoms with E-state index in [0.29, 0.717) is 16.3 Å². The van der Waals surface area contributed by atoms with Crippen molar-refractivity contribution in [2.45, 2.75) is 24.8 Å². The van der Waals surface area contributed by atoms with Crippen LogP contribution in [0.15, 0.2) is 34.5 Å². The summed E-state index contributed by atoms with van der Waals surface area (Å²) in [5.74, 6) is 0. The Kier molecular flexibility index (Phi) is 4.63. The fourth-order valence-electron chi connectivity index (χ4n) is 1.91. The SMILES string of the molecule is Cc1c(N)cc(S(=O)(=O)N(C)C(C)c2cccs2)cc1Cl. The van der Waals surface area contributed by atoms with Gasteiger partial charge in [0.2, 0.25) is 10.0 Å². The van der Waals surface area contributed by atoms with Crippen LogP contribution in [0.4, 0.5) is 5.69 Å². The highest BCUT2D eigenvalue weighted by molar-refractivity contribution is 7.89. The Morgan fingerprint density at radius 1 is 1.38 bits per heavy atom. The van der Waals surface area contributed by atoms with Crippen LogP contribution in [0.5, 0.6) is 0 Å². The summed E-state index contributed by atoms with van der Waals surface area (Å²) in [6.45, 7) is 3.61. The largest absolute Gasteiger partial charge is 0.398 e. The van der Waals surface area contributed by atoms with Crippen molar-refractivity contribution in [2.24, 2.45) is 0 Å². The third kappa shape index (κ3) is 3.08. The summed E-state index contributed by atoms with van der Waals surface area (Å²) in [5, 5.41) is 2.28. The minimum Gasteiger partial charge on any atom is -0.398 e. The van der Waals surface area contributed by atoms with Crippen molar-refractivity contribution in [3.8, 4) is 0 Å². The first-order valence-corrected chi connectivity index (χ1v) is 9.02. The Morgan fingerprint density at radius 2 is 2.05 bits per heavy atom. The summed E-state index contributed by atoms with van der Waals surface area (Å²) in [7, 11) is -2.09. The van der Waals surface area contributed by atoms with Gasteiger partial charge in [0.1, 0.15) is 0 Å². The van der Waals surface area contributed by atoms with Crippen LogP contribution in [0.1, 0.15) is 23.4 Å². The van der Waals surface area contributed by atoms with Crippen molar-refractivity contribution in [3.05, 3.63) is 45.1 Å². The first-order valence-electron chi connectivity index (χ1n) is 6.32. The lowest BCUT2D eigenvalue weighted by atomic mass is 10.2. The first kappa shape index (κ1) is 16.3. The van der Waals surface area contributed by atoms with E-state index in [1.807, 2.05) is 24.4 Å². The van der Waals surface area contributed by atoms with Gasteiger partial charge in [-0.1, -0.05) is 17.7 Å². The molecule has 2 N–H and O–H groups in total. The van der Waals surface area contributed by atoms with Crippen molar-refractivity contribution in [3.63, 3.8) is 0 Å². The van der Waals surface area contributed by atoms with E-state index in [1.54, 1.807) is 14.0 Å². The minimum atomic E-state index is -3.65. The van der Waals surface area contributed by atoms with Crippen molar-refractivity contribution in [1.29, 1.82) is 0 Å². The molecule has 1 aromatic heterocycles. The zero-order valence-electron chi connectivity index (χ0n) is 12.0. The second kappa shape index (κ2) is 5.96. The van der Waals surface area contributed by atoms with E-state index in [-0.39, 0.29) is 10.9 Å². The molecule has 1 atom stereocenters. The zero-order chi connectivity index (χ0) is 15.8. The monoisotopic (exact) mass is 344 g/mol. The van der Waals surface area contributed by atoms with Crippen molar-refractivity contribution >= 4 is 38.6 Å². The average molecular weight is 345 g/mol. The fraction of sp³-hybridized carbons (Fsp3) is 0.286. The molecule has 2 aromatic rings. The summed E-state index contributed by atoms with van der Waals surface area (Å²) in [4.78, 5) is 1.09. The molecule has 7 heteroatoms. The van der Waals surface area contributed by atoms with Gasteiger partial charge >= 0.3 is 0 Å². The molecule has 1 heterocycles. The normalized spacial score (nSPS) is 13.6. The van der Waals surface area contributed by atoms with E-state index < -0.39 is 10.0 Å². The number of benzene rings is 1. The van der Waals surface area contributed by atoms with Crippen LogP contribution < -0.4 is 5.73 Å². The molecule has 0 radical (unpaired) electrons. The van der Waals surface area contributed by atoms with Gasteiger partial charge in [0, 0.05) is 22.6 Å². The summed E-state index contributed by atoms with van der Waals surface area (Å²) >= 11 is 7.57. The highest BCUT2D eigenvalue weighted by atomic mass is 35.5. The van der Waals surface area contributed by atoms with Crippen LogP contribution in [0.2, 0.25) is 5.02 Å². The number of nitrogens with two attached hydrogens (primary N) is 1. The maximum Gasteiger partial charge on any atom is 0.243 e. The lowest BCUT2D eigenvalue weighted by molar-refractivity contribution is 0.403. The van der Waals surface area contributed by atoms with Gasteiger partial charge in [-0.25, -0.2) is 8.42 Å². The Bertz CT molecular complexity index is 719. The van der Waals surface area contributed by atoms with E-state index in [9.17, 15) is 8.42 Å². The summed E-state index contributed by atoms with van der Waals surface area (Å²) in [6.07, 6.45) is 0. The molecule has 0 aliphatic heterocycles. The lowest BCUT2D eigenvalue weighted by Crippen LogP contribution is -2.29. The zero-order valence-corrected chi connectivity index (χ0v) is 14.4. The van der Waals surface area contributed by atoms with Gasteiger partial charge in [-0.3, -0.25) is 0 Å². The summed E-state index contributed by atoms with van der Waals surface area (Å²) < 4.78 is 26.7. The van der Waals surface area contributed by atoms with Crippen LogP contribution in [-0.2, 0) is 10.0 Å². The first-order chi connectivity index (χ1) is 9.75. The molecule has 0 spiro atoms. The molecule has 114 valence electrons. The predicted molar refractivity (Wildman–Crippen MR) is 88.3 cm³/mol. The number of hydrogen-bond acceptors (Lipinski definition) is 4. The lowest BCUT2D eigenvalue weighted by Gasteiger charge is -2.24. The third-order valence-electron chi connectivity index (χ3n) is 3.54. The molecule has 21 heavy (non-hydrogen) atoms. The second-order valence-corrected chi connectivity index (χ2v) is 8.22. The van der Waals surface area contributed by atoms with Crippen LogP contribution in [0, 0.1) is 6.92 Å². The molecule has 0 fully saturated rings. The fourth-order valence-corrected chi connectivity index (χ4v) is 4.50. The molecule has 0 aliphatic rings. The van der Waals surface area contributed by atoms with E-state index in [0.717, 1.165) is 4.88 Å². The molecule has 0 bridgehead atoms. The number of sulfonamides is 1. The van der Waals surface area contributed by atoms with Gasteiger partial charge in [0.25, 0.3) is 0 Å². The van der Waals surface area contributed by atoms with Crippen molar-refractivity contribution < 1.29 is 8.42 Å². The summed E-state index contributed by atoms with van der Waals surface area (Å²) in [5.41, 5.74) is 6.88. The Morgan fingerprint density at radius 3 is 2.57 bits per heavy atom. The molecule has 0 aliphatic carbocycles. The molecule has 0 saturated heterocycles. The number of anilines is 1. The molecule has 2 rings (SSSR count). The standard InChI is InChI=1S/C14H17ClN2O2S2/c1-9-12(15)7-11(8-13(9)16)21(18,19)17(3)10(2)14-5-4-6-20-14/h4-8,10H,16H2,1-3H3. The highest BCUT2D eigenvalue weighted by Gasteiger charge is 2.27. The molecule has 1 unspecified atom stereocenters. The maximum atomic E-state index is 12.7. The van der Waals surface area contributed by atoms with E-state index >= 15 is 0 Å².